The zero-order valence-electron chi connectivity index (χ0n) is 12.8. The number of nitrogens with zero attached hydrogens (tertiary/aromatic N) is 3. The van der Waals surface area contributed by atoms with Crippen molar-refractivity contribution in [2.24, 2.45) is 0 Å². The molecule has 6 heteroatoms. The van der Waals surface area contributed by atoms with Gasteiger partial charge in [0.1, 0.15) is 5.82 Å². The number of halogens is 1. The molecule has 0 unspecified atom stereocenters. The van der Waals surface area contributed by atoms with Gasteiger partial charge in [0.05, 0.1) is 11.4 Å². The summed E-state index contributed by atoms with van der Waals surface area (Å²) < 4.78 is 1.05. The van der Waals surface area contributed by atoms with Crippen molar-refractivity contribution < 1.29 is 0 Å². The number of benzene rings is 1. The molecule has 0 spiro atoms. The van der Waals surface area contributed by atoms with E-state index >= 15 is 0 Å². The molecule has 0 aliphatic rings. The number of aromatic nitrogens is 3. The van der Waals surface area contributed by atoms with E-state index in [0.717, 1.165) is 32.9 Å². The predicted octanol–water partition coefficient (Wildman–Crippen LogP) is 4.39. The molecule has 3 rings (SSSR count). The molecule has 2 aromatic heterocycles. The first-order valence-corrected chi connectivity index (χ1v) is 7.96. The summed E-state index contributed by atoms with van der Waals surface area (Å²) in [6.45, 7) is 2.05. The molecular weight excluding hydrogens is 354 g/mol. The van der Waals surface area contributed by atoms with Gasteiger partial charge in [-0.05, 0) is 42.8 Å². The van der Waals surface area contributed by atoms with Gasteiger partial charge in [-0.25, -0.2) is 4.98 Å². The molecule has 3 aromatic rings. The molecule has 0 saturated carbocycles. The largest absolute Gasteiger partial charge is 0.357 e. The van der Waals surface area contributed by atoms with E-state index in [2.05, 4.69) is 47.6 Å². The molecule has 0 bridgehead atoms. The van der Waals surface area contributed by atoms with E-state index < -0.39 is 0 Å². The third-order valence-corrected chi connectivity index (χ3v) is 3.82. The molecule has 0 fully saturated rings. The Bertz CT molecular complexity index is 820. The van der Waals surface area contributed by atoms with Crippen LogP contribution in [0.15, 0.2) is 53.1 Å². The fraction of sp³-hybridized carbons (Fsp3) is 0.118. The van der Waals surface area contributed by atoms with Crippen LogP contribution in [-0.2, 0) is 0 Å². The van der Waals surface area contributed by atoms with Gasteiger partial charge in [-0.15, -0.1) is 0 Å². The van der Waals surface area contributed by atoms with Crippen molar-refractivity contribution in [1.29, 1.82) is 0 Å². The quantitative estimate of drug-likeness (QED) is 0.713. The lowest BCUT2D eigenvalue weighted by atomic mass is 10.2. The van der Waals surface area contributed by atoms with E-state index in [0.29, 0.717) is 5.95 Å². The number of nitrogens with one attached hydrogen (secondary N) is 2. The standard InChI is InChI=1S/C17H16BrN5/c1-11-9-12(18)6-7-13(11)21-16-10-15(22-17(19-2)23-16)14-5-3-4-8-20-14/h3-10H,1-2H3,(H2,19,21,22,23). The number of aryl methyl sites for hydroxylation is 1. The molecule has 5 nitrogen and oxygen atoms in total. The van der Waals surface area contributed by atoms with E-state index in [9.17, 15) is 0 Å². The molecule has 1 aromatic carbocycles. The van der Waals surface area contributed by atoms with Crippen LogP contribution in [0.3, 0.4) is 0 Å². The second-order valence-corrected chi connectivity index (χ2v) is 5.93. The summed E-state index contributed by atoms with van der Waals surface area (Å²) in [5, 5.41) is 6.33. The maximum atomic E-state index is 4.47. The van der Waals surface area contributed by atoms with Crippen LogP contribution in [-0.4, -0.2) is 22.0 Å². The minimum Gasteiger partial charge on any atom is -0.357 e. The van der Waals surface area contributed by atoms with Crippen molar-refractivity contribution in [3.8, 4) is 11.4 Å². The molecule has 2 heterocycles. The van der Waals surface area contributed by atoms with Crippen molar-refractivity contribution >= 4 is 33.4 Å². The lowest BCUT2D eigenvalue weighted by molar-refractivity contribution is 1.14. The van der Waals surface area contributed by atoms with Gasteiger partial charge in [-0.1, -0.05) is 22.0 Å². The first-order chi connectivity index (χ1) is 11.2. The summed E-state index contributed by atoms with van der Waals surface area (Å²) in [6.07, 6.45) is 1.75. The number of hydrogen-bond acceptors (Lipinski definition) is 5. The van der Waals surface area contributed by atoms with E-state index in [1.807, 2.05) is 43.3 Å². The second-order valence-electron chi connectivity index (χ2n) is 5.01. The number of pyridine rings is 1. The van der Waals surface area contributed by atoms with Crippen LogP contribution >= 0.6 is 15.9 Å². The fourth-order valence-electron chi connectivity index (χ4n) is 2.17. The summed E-state index contributed by atoms with van der Waals surface area (Å²) in [5.41, 5.74) is 3.70. The third kappa shape index (κ3) is 3.65. The SMILES string of the molecule is CNc1nc(Nc2ccc(Br)cc2C)cc(-c2ccccn2)n1. The normalized spacial score (nSPS) is 10.4. The van der Waals surface area contributed by atoms with Crippen LogP contribution in [0.5, 0.6) is 0 Å². The highest BCUT2D eigenvalue weighted by Gasteiger charge is 2.08. The molecular formula is C17H16BrN5. The molecule has 0 aliphatic carbocycles. The summed E-state index contributed by atoms with van der Waals surface area (Å²) in [5.74, 6) is 1.26. The average Bonchev–Trinajstić information content (AvgIpc) is 2.58. The van der Waals surface area contributed by atoms with Crippen molar-refractivity contribution in [1.82, 2.24) is 15.0 Å². The Morgan fingerprint density at radius 1 is 1.00 bits per heavy atom. The fourth-order valence-corrected chi connectivity index (χ4v) is 2.65. The van der Waals surface area contributed by atoms with Crippen molar-refractivity contribution in [2.45, 2.75) is 6.92 Å². The lowest BCUT2D eigenvalue weighted by Gasteiger charge is -2.11. The Morgan fingerprint density at radius 2 is 1.87 bits per heavy atom. The van der Waals surface area contributed by atoms with E-state index in [1.54, 1.807) is 13.2 Å². The molecule has 23 heavy (non-hydrogen) atoms. The highest BCUT2D eigenvalue weighted by molar-refractivity contribution is 9.10. The highest BCUT2D eigenvalue weighted by Crippen LogP contribution is 2.25. The zero-order chi connectivity index (χ0) is 16.2. The zero-order valence-corrected chi connectivity index (χ0v) is 14.4. The smallest absolute Gasteiger partial charge is 0.225 e. The van der Waals surface area contributed by atoms with Gasteiger partial charge in [-0.3, -0.25) is 4.98 Å². The summed E-state index contributed by atoms with van der Waals surface area (Å²) >= 11 is 3.48. The van der Waals surface area contributed by atoms with Crippen molar-refractivity contribution in [2.75, 3.05) is 17.7 Å². The van der Waals surface area contributed by atoms with E-state index in [-0.39, 0.29) is 0 Å². The first kappa shape index (κ1) is 15.4. The van der Waals surface area contributed by atoms with Gasteiger partial charge in [0.15, 0.2) is 0 Å². The highest BCUT2D eigenvalue weighted by atomic mass is 79.9. The Morgan fingerprint density at radius 3 is 2.57 bits per heavy atom. The van der Waals surface area contributed by atoms with E-state index in [4.69, 9.17) is 0 Å². The maximum absolute atomic E-state index is 4.47. The van der Waals surface area contributed by atoms with Gasteiger partial charge >= 0.3 is 0 Å². The van der Waals surface area contributed by atoms with E-state index in [1.165, 1.54) is 0 Å². The van der Waals surface area contributed by atoms with Crippen LogP contribution in [0.4, 0.5) is 17.5 Å². The second kappa shape index (κ2) is 6.75. The Labute approximate surface area is 143 Å². The molecule has 2 N–H and O–H groups in total. The van der Waals surface area contributed by atoms with Crippen molar-refractivity contribution in [3.63, 3.8) is 0 Å². The van der Waals surface area contributed by atoms with Crippen LogP contribution < -0.4 is 10.6 Å². The van der Waals surface area contributed by atoms with Crippen LogP contribution in [0.2, 0.25) is 0 Å². The first-order valence-electron chi connectivity index (χ1n) is 7.17. The lowest BCUT2D eigenvalue weighted by Crippen LogP contribution is -2.03. The number of hydrogen-bond donors (Lipinski definition) is 2. The van der Waals surface area contributed by atoms with Gasteiger partial charge in [0.25, 0.3) is 0 Å². The van der Waals surface area contributed by atoms with Gasteiger partial charge < -0.3 is 10.6 Å². The predicted molar refractivity (Wildman–Crippen MR) is 97.0 cm³/mol. The summed E-state index contributed by atoms with van der Waals surface area (Å²) in [6, 6.07) is 13.7. The minimum atomic E-state index is 0.547. The minimum absolute atomic E-state index is 0.547. The average molecular weight is 370 g/mol. The summed E-state index contributed by atoms with van der Waals surface area (Å²) in [7, 11) is 1.80. The maximum Gasteiger partial charge on any atom is 0.225 e. The molecule has 0 saturated heterocycles. The number of anilines is 3. The Balaban J connectivity index is 1.99. The van der Waals surface area contributed by atoms with Crippen LogP contribution in [0.25, 0.3) is 11.4 Å². The molecule has 0 atom stereocenters. The molecule has 0 amide bonds. The summed E-state index contributed by atoms with van der Waals surface area (Å²) in [4.78, 5) is 13.3. The van der Waals surface area contributed by atoms with Crippen LogP contribution in [0.1, 0.15) is 5.56 Å². The molecule has 0 radical (unpaired) electrons. The van der Waals surface area contributed by atoms with Gasteiger partial charge in [-0.2, -0.15) is 4.98 Å². The van der Waals surface area contributed by atoms with Gasteiger partial charge in [0, 0.05) is 29.5 Å². The third-order valence-electron chi connectivity index (χ3n) is 3.33. The van der Waals surface area contributed by atoms with Gasteiger partial charge in [0.2, 0.25) is 5.95 Å². The topological polar surface area (TPSA) is 62.7 Å². The molecule has 116 valence electrons. The molecule has 0 aliphatic heterocycles. The number of rotatable bonds is 4. The Hall–Kier alpha value is -2.47. The van der Waals surface area contributed by atoms with Crippen LogP contribution in [0, 0.1) is 6.92 Å². The Kier molecular flexibility index (Phi) is 4.52. The van der Waals surface area contributed by atoms with Crippen molar-refractivity contribution in [3.05, 3.63) is 58.7 Å². The monoisotopic (exact) mass is 369 g/mol.